The van der Waals surface area contributed by atoms with Gasteiger partial charge in [-0.3, -0.25) is 14.9 Å². The Kier molecular flexibility index (Phi) is 5.45. The number of hydrogen-bond donors (Lipinski definition) is 2. The van der Waals surface area contributed by atoms with Crippen molar-refractivity contribution in [3.63, 3.8) is 0 Å². The zero-order valence-corrected chi connectivity index (χ0v) is 13.3. The monoisotopic (exact) mass is 325 g/mol. The van der Waals surface area contributed by atoms with Crippen LogP contribution in [0.4, 0.5) is 5.13 Å². The highest BCUT2D eigenvalue weighted by Gasteiger charge is 2.10. The van der Waals surface area contributed by atoms with Gasteiger partial charge < -0.3 is 4.98 Å². The van der Waals surface area contributed by atoms with Crippen LogP contribution < -0.4 is 10.9 Å². The lowest BCUT2D eigenvalue weighted by Gasteiger charge is -2.00. The summed E-state index contributed by atoms with van der Waals surface area (Å²) < 4.78 is 0. The van der Waals surface area contributed by atoms with Gasteiger partial charge in [0.15, 0.2) is 5.16 Å². The summed E-state index contributed by atoms with van der Waals surface area (Å²) in [6.07, 6.45) is 2.25. The fraction of sp³-hybridized carbons (Fsp3) is 0.417. The second kappa shape index (κ2) is 7.32. The minimum atomic E-state index is -0.240. The van der Waals surface area contributed by atoms with Crippen LogP contribution in [0, 0.1) is 5.92 Å². The van der Waals surface area contributed by atoms with E-state index in [0.717, 1.165) is 23.2 Å². The van der Waals surface area contributed by atoms with Crippen LogP contribution in [0.25, 0.3) is 0 Å². The third-order valence-electron chi connectivity index (χ3n) is 2.28. The summed E-state index contributed by atoms with van der Waals surface area (Å²) in [6.45, 7) is 4.20. The van der Waals surface area contributed by atoms with Crippen molar-refractivity contribution in [3.05, 3.63) is 27.6 Å². The van der Waals surface area contributed by atoms with Gasteiger partial charge in [-0.1, -0.05) is 36.9 Å². The van der Waals surface area contributed by atoms with Crippen molar-refractivity contribution < 1.29 is 4.79 Å². The molecule has 0 unspecified atom stereocenters. The maximum atomic E-state index is 11.8. The van der Waals surface area contributed by atoms with Crippen LogP contribution >= 0.6 is 23.1 Å². The second-order valence-corrected chi connectivity index (χ2v) is 6.70. The van der Waals surface area contributed by atoms with Crippen LogP contribution in [0.1, 0.15) is 18.9 Å². The van der Waals surface area contributed by atoms with Gasteiger partial charge in [0.25, 0.3) is 5.56 Å². The molecule has 112 valence electrons. The van der Waals surface area contributed by atoms with E-state index in [0.29, 0.717) is 16.2 Å². The number of thioether (sulfide) groups is 1. The van der Waals surface area contributed by atoms with E-state index in [9.17, 15) is 9.59 Å². The molecule has 0 spiro atoms. The molecule has 0 aliphatic heterocycles. The minimum Gasteiger partial charge on any atom is -0.301 e. The molecule has 9 heteroatoms. The first-order valence-corrected chi connectivity index (χ1v) is 8.13. The Bertz CT molecular complexity index is 667. The first-order valence-electron chi connectivity index (χ1n) is 6.33. The molecular formula is C12H15N5O2S2. The molecule has 0 atom stereocenters. The van der Waals surface area contributed by atoms with Crippen LogP contribution in [-0.2, 0) is 11.2 Å². The number of amides is 1. The number of nitrogens with one attached hydrogen (secondary N) is 2. The third kappa shape index (κ3) is 5.27. The molecule has 1 amide bonds. The lowest BCUT2D eigenvalue weighted by Crippen LogP contribution is -2.15. The molecule has 2 aromatic rings. The Hall–Kier alpha value is -1.74. The van der Waals surface area contributed by atoms with Crippen molar-refractivity contribution >= 4 is 34.1 Å². The van der Waals surface area contributed by atoms with Gasteiger partial charge in [-0.2, -0.15) is 0 Å². The minimum absolute atomic E-state index is 0.145. The molecule has 0 saturated carbocycles. The lowest BCUT2D eigenvalue weighted by molar-refractivity contribution is -0.113. The molecule has 0 bridgehead atoms. The number of aromatic amines is 1. The number of anilines is 1. The summed E-state index contributed by atoms with van der Waals surface area (Å²) in [5.41, 5.74) is -0.240. The molecule has 0 aliphatic rings. The van der Waals surface area contributed by atoms with E-state index in [-0.39, 0.29) is 17.2 Å². The summed E-state index contributed by atoms with van der Waals surface area (Å²) in [6, 6.07) is 1.32. The Morgan fingerprint density at radius 3 is 3.00 bits per heavy atom. The van der Waals surface area contributed by atoms with Gasteiger partial charge in [0, 0.05) is 18.7 Å². The first-order chi connectivity index (χ1) is 10.0. The summed E-state index contributed by atoms with van der Waals surface area (Å²) in [5.74, 6) is 0.434. The van der Waals surface area contributed by atoms with Crippen molar-refractivity contribution in [2.24, 2.45) is 5.92 Å². The summed E-state index contributed by atoms with van der Waals surface area (Å²) >= 11 is 2.53. The van der Waals surface area contributed by atoms with E-state index in [1.807, 2.05) is 0 Å². The molecule has 2 heterocycles. The smallest absolute Gasteiger partial charge is 0.251 e. The molecule has 2 aromatic heterocycles. The van der Waals surface area contributed by atoms with Gasteiger partial charge in [0.05, 0.1) is 5.75 Å². The Labute approximate surface area is 129 Å². The van der Waals surface area contributed by atoms with Gasteiger partial charge in [-0.15, -0.1) is 10.2 Å². The van der Waals surface area contributed by atoms with Gasteiger partial charge in [-0.25, -0.2) is 4.98 Å². The average Bonchev–Trinajstić information content (AvgIpc) is 2.83. The number of hydrogen-bond acceptors (Lipinski definition) is 7. The molecule has 0 saturated heterocycles. The van der Waals surface area contributed by atoms with E-state index in [1.54, 1.807) is 0 Å². The van der Waals surface area contributed by atoms with E-state index < -0.39 is 0 Å². The van der Waals surface area contributed by atoms with Crippen LogP contribution in [0.15, 0.2) is 22.2 Å². The Balaban J connectivity index is 1.84. The summed E-state index contributed by atoms with van der Waals surface area (Å²) in [7, 11) is 0. The second-order valence-electron chi connectivity index (χ2n) is 4.68. The van der Waals surface area contributed by atoms with E-state index >= 15 is 0 Å². The first kappa shape index (κ1) is 15.6. The molecular weight excluding hydrogens is 310 g/mol. The van der Waals surface area contributed by atoms with E-state index in [2.05, 4.69) is 39.3 Å². The topological polar surface area (TPSA) is 101 Å². The van der Waals surface area contributed by atoms with Crippen LogP contribution in [0.2, 0.25) is 0 Å². The molecule has 0 aromatic carbocycles. The summed E-state index contributed by atoms with van der Waals surface area (Å²) in [5, 5.41) is 12.5. The largest absolute Gasteiger partial charge is 0.301 e. The van der Waals surface area contributed by atoms with Crippen molar-refractivity contribution in [1.29, 1.82) is 0 Å². The van der Waals surface area contributed by atoms with E-state index in [1.165, 1.54) is 23.6 Å². The number of nitrogens with zero attached hydrogens (tertiary/aromatic N) is 3. The van der Waals surface area contributed by atoms with Crippen molar-refractivity contribution in [1.82, 2.24) is 20.2 Å². The molecule has 7 nitrogen and oxygen atoms in total. The van der Waals surface area contributed by atoms with E-state index in [4.69, 9.17) is 0 Å². The fourth-order valence-electron chi connectivity index (χ4n) is 1.45. The van der Waals surface area contributed by atoms with Gasteiger partial charge >= 0.3 is 0 Å². The molecule has 0 fully saturated rings. The molecule has 0 radical (unpaired) electrons. The highest BCUT2D eigenvalue weighted by atomic mass is 32.2. The number of H-pyrrole nitrogens is 1. The van der Waals surface area contributed by atoms with Crippen LogP contribution in [-0.4, -0.2) is 31.8 Å². The number of carbonyl (C=O) groups excluding carboxylic acids is 1. The summed E-state index contributed by atoms with van der Waals surface area (Å²) in [4.78, 5) is 29.4. The number of aromatic nitrogens is 4. The van der Waals surface area contributed by atoms with Crippen molar-refractivity contribution in [2.75, 3.05) is 11.1 Å². The zero-order valence-electron chi connectivity index (χ0n) is 11.6. The predicted molar refractivity (Wildman–Crippen MR) is 82.7 cm³/mol. The van der Waals surface area contributed by atoms with Crippen LogP contribution in [0.5, 0.6) is 0 Å². The standard InChI is InChI=1S/C12H15N5O2S2/c1-7(2)5-10-16-17-12(21-10)15-9(19)6-20-11-13-4-3-8(18)14-11/h3-4,7H,5-6H2,1-2H3,(H,13,14,18)(H,15,17,19). The SMILES string of the molecule is CC(C)Cc1nnc(NC(=O)CSc2nccc(=O)[nH]2)s1. The number of carbonyl (C=O) groups is 1. The van der Waals surface area contributed by atoms with Crippen molar-refractivity contribution in [2.45, 2.75) is 25.4 Å². The Morgan fingerprint density at radius 2 is 2.29 bits per heavy atom. The predicted octanol–water partition coefficient (Wildman–Crippen LogP) is 1.55. The van der Waals surface area contributed by atoms with Gasteiger partial charge in [0.1, 0.15) is 5.01 Å². The maximum Gasteiger partial charge on any atom is 0.251 e. The Morgan fingerprint density at radius 1 is 1.48 bits per heavy atom. The molecule has 21 heavy (non-hydrogen) atoms. The molecule has 2 rings (SSSR count). The maximum absolute atomic E-state index is 11.8. The zero-order chi connectivity index (χ0) is 15.2. The molecule has 0 aliphatic carbocycles. The normalized spacial score (nSPS) is 10.8. The van der Waals surface area contributed by atoms with Gasteiger partial charge in [0.2, 0.25) is 11.0 Å². The average molecular weight is 325 g/mol. The fourth-order valence-corrected chi connectivity index (χ4v) is 3.07. The lowest BCUT2D eigenvalue weighted by atomic mass is 10.1. The molecule has 2 N–H and O–H groups in total. The highest BCUT2D eigenvalue weighted by Crippen LogP contribution is 2.19. The third-order valence-corrected chi connectivity index (χ3v) is 4.03. The highest BCUT2D eigenvalue weighted by molar-refractivity contribution is 7.99. The number of rotatable bonds is 6. The van der Waals surface area contributed by atoms with Crippen molar-refractivity contribution in [3.8, 4) is 0 Å². The quantitative estimate of drug-likeness (QED) is 0.617. The van der Waals surface area contributed by atoms with Gasteiger partial charge in [-0.05, 0) is 5.92 Å². The van der Waals surface area contributed by atoms with Crippen LogP contribution in [0.3, 0.4) is 0 Å².